The van der Waals surface area contributed by atoms with Gasteiger partial charge in [0.1, 0.15) is 18.2 Å². The first-order valence-corrected chi connectivity index (χ1v) is 12.1. The lowest BCUT2D eigenvalue weighted by Gasteiger charge is -2.43. The Morgan fingerprint density at radius 3 is 1.97 bits per heavy atom. The third-order valence-electron chi connectivity index (χ3n) is 5.96. The zero-order valence-corrected chi connectivity index (χ0v) is 21.0. The van der Waals surface area contributed by atoms with Crippen LogP contribution in [0, 0.1) is 5.92 Å². The van der Waals surface area contributed by atoms with Crippen molar-refractivity contribution in [1.82, 2.24) is 4.90 Å². The van der Waals surface area contributed by atoms with Crippen LogP contribution in [-0.4, -0.2) is 40.3 Å². The van der Waals surface area contributed by atoms with Gasteiger partial charge in [-0.3, -0.25) is 14.5 Å². The molecule has 190 valence electrons. The molecule has 1 fully saturated rings. The predicted octanol–water partition coefficient (Wildman–Crippen LogP) is 4.60. The van der Waals surface area contributed by atoms with Gasteiger partial charge in [0.25, 0.3) is 5.91 Å². The number of hydrogen-bond donors (Lipinski definition) is 0. The van der Waals surface area contributed by atoms with Gasteiger partial charge in [0.2, 0.25) is 5.91 Å². The molecule has 1 aliphatic rings. The molecule has 0 bridgehead atoms. The van der Waals surface area contributed by atoms with E-state index in [1.807, 2.05) is 30.3 Å². The molecule has 0 spiro atoms. The molecule has 2 atom stereocenters. The molecule has 0 unspecified atom stereocenters. The Bertz CT molecular complexity index is 1280. The zero-order valence-electron chi connectivity index (χ0n) is 21.0. The number of likely N-dealkylation sites (tertiary alicyclic amines) is 1. The summed E-state index contributed by atoms with van der Waals surface area (Å²) in [7, 11) is 0. The standard InChI is InChI=1S/C30H29NO6/c1-30(2,3)37-28(34)23-16-14-21(15-17-23)19-36-29(35)25-24(18-20-10-6-4-7-11-20)27(33)31(25)26(32)22-12-8-5-9-13-22/h4-17,24-25H,18-19H2,1-3H3/t24-,25-/m0/s1. The molecule has 1 aliphatic heterocycles. The Morgan fingerprint density at radius 2 is 1.38 bits per heavy atom. The quantitative estimate of drug-likeness (QED) is 0.268. The maximum absolute atomic E-state index is 13.2. The molecule has 0 N–H and O–H groups in total. The Labute approximate surface area is 216 Å². The van der Waals surface area contributed by atoms with Crippen molar-refractivity contribution in [3.05, 3.63) is 107 Å². The second-order valence-corrected chi connectivity index (χ2v) is 9.93. The summed E-state index contributed by atoms with van der Waals surface area (Å²) in [5.41, 5.74) is 1.65. The third-order valence-corrected chi connectivity index (χ3v) is 5.96. The van der Waals surface area contributed by atoms with Gasteiger partial charge in [-0.15, -0.1) is 0 Å². The van der Waals surface area contributed by atoms with Gasteiger partial charge in [-0.25, -0.2) is 9.59 Å². The largest absolute Gasteiger partial charge is 0.459 e. The fourth-order valence-corrected chi connectivity index (χ4v) is 4.15. The van der Waals surface area contributed by atoms with Gasteiger partial charge in [-0.05, 0) is 62.6 Å². The number of benzene rings is 3. The summed E-state index contributed by atoms with van der Waals surface area (Å²) < 4.78 is 10.9. The first-order valence-electron chi connectivity index (χ1n) is 12.1. The van der Waals surface area contributed by atoms with E-state index in [0.29, 0.717) is 23.1 Å². The van der Waals surface area contributed by atoms with Crippen molar-refractivity contribution in [2.24, 2.45) is 5.92 Å². The molecule has 0 aromatic heterocycles. The second-order valence-electron chi connectivity index (χ2n) is 9.93. The summed E-state index contributed by atoms with van der Waals surface area (Å²) in [4.78, 5) is 52.5. The summed E-state index contributed by atoms with van der Waals surface area (Å²) in [5.74, 6) is -2.72. The van der Waals surface area contributed by atoms with Crippen molar-refractivity contribution >= 4 is 23.8 Å². The Hall–Kier alpha value is -4.26. The second kappa shape index (κ2) is 10.8. The van der Waals surface area contributed by atoms with Gasteiger partial charge in [0.05, 0.1) is 11.5 Å². The molecule has 4 rings (SSSR count). The fraction of sp³-hybridized carbons (Fsp3) is 0.267. The Kier molecular flexibility index (Phi) is 7.53. The summed E-state index contributed by atoms with van der Waals surface area (Å²) >= 11 is 0. The smallest absolute Gasteiger partial charge is 0.338 e. The molecule has 37 heavy (non-hydrogen) atoms. The van der Waals surface area contributed by atoms with Gasteiger partial charge < -0.3 is 9.47 Å². The molecule has 3 aromatic rings. The molecular weight excluding hydrogens is 470 g/mol. The molecule has 0 radical (unpaired) electrons. The van der Waals surface area contributed by atoms with E-state index in [1.165, 1.54) is 0 Å². The third kappa shape index (κ3) is 6.12. The normalized spacial score (nSPS) is 17.1. The SMILES string of the molecule is CC(C)(C)OC(=O)c1ccc(COC(=O)[C@@H]2[C@H](Cc3ccccc3)C(=O)N2C(=O)c2ccccc2)cc1. The molecule has 2 amide bonds. The number of hydrogen-bond acceptors (Lipinski definition) is 6. The van der Waals surface area contributed by atoms with Gasteiger partial charge in [0.15, 0.2) is 0 Å². The van der Waals surface area contributed by atoms with Crippen LogP contribution in [-0.2, 0) is 32.1 Å². The van der Waals surface area contributed by atoms with Gasteiger partial charge in [-0.1, -0.05) is 60.7 Å². The van der Waals surface area contributed by atoms with Crippen molar-refractivity contribution in [2.45, 2.75) is 45.4 Å². The van der Waals surface area contributed by atoms with Crippen molar-refractivity contribution in [1.29, 1.82) is 0 Å². The average Bonchev–Trinajstić information content (AvgIpc) is 2.89. The molecule has 1 saturated heterocycles. The summed E-state index contributed by atoms with van der Waals surface area (Å²) in [6, 6.07) is 23.3. The molecule has 0 aliphatic carbocycles. The van der Waals surface area contributed by atoms with E-state index < -0.39 is 41.3 Å². The highest BCUT2D eigenvalue weighted by Crippen LogP contribution is 2.33. The highest BCUT2D eigenvalue weighted by Gasteiger charge is 2.55. The van der Waals surface area contributed by atoms with Gasteiger partial charge >= 0.3 is 11.9 Å². The Balaban J connectivity index is 1.47. The van der Waals surface area contributed by atoms with Crippen LogP contribution in [0.25, 0.3) is 0 Å². The number of ether oxygens (including phenoxy) is 2. The van der Waals surface area contributed by atoms with E-state index in [0.717, 1.165) is 10.5 Å². The summed E-state index contributed by atoms with van der Waals surface area (Å²) in [6.07, 6.45) is 0.322. The highest BCUT2D eigenvalue weighted by atomic mass is 16.6. The van der Waals surface area contributed by atoms with Crippen LogP contribution in [0.3, 0.4) is 0 Å². The number of rotatable bonds is 7. The maximum atomic E-state index is 13.2. The van der Waals surface area contributed by atoms with E-state index in [4.69, 9.17) is 9.47 Å². The zero-order chi connectivity index (χ0) is 26.6. The summed E-state index contributed by atoms with van der Waals surface area (Å²) in [6.45, 7) is 5.31. The van der Waals surface area contributed by atoms with Crippen LogP contribution in [0.4, 0.5) is 0 Å². The van der Waals surface area contributed by atoms with Gasteiger partial charge in [0, 0.05) is 5.56 Å². The summed E-state index contributed by atoms with van der Waals surface area (Å²) in [5, 5.41) is 0. The minimum atomic E-state index is -1.03. The molecule has 7 nitrogen and oxygen atoms in total. The highest BCUT2D eigenvalue weighted by molar-refractivity contribution is 6.13. The Morgan fingerprint density at radius 1 is 0.784 bits per heavy atom. The predicted molar refractivity (Wildman–Crippen MR) is 136 cm³/mol. The lowest BCUT2D eigenvalue weighted by Crippen LogP contribution is -2.67. The van der Waals surface area contributed by atoms with E-state index in [9.17, 15) is 19.2 Å². The van der Waals surface area contributed by atoms with E-state index in [-0.39, 0.29) is 6.61 Å². The van der Waals surface area contributed by atoms with E-state index >= 15 is 0 Å². The minimum Gasteiger partial charge on any atom is -0.459 e. The number of carbonyl (C=O) groups excluding carboxylic acids is 4. The van der Waals surface area contributed by atoms with E-state index in [2.05, 4.69) is 0 Å². The van der Waals surface area contributed by atoms with Crippen molar-refractivity contribution < 1.29 is 28.7 Å². The first kappa shape index (κ1) is 25.8. The van der Waals surface area contributed by atoms with Crippen LogP contribution in [0.5, 0.6) is 0 Å². The number of amides is 2. The topological polar surface area (TPSA) is 90.0 Å². The van der Waals surface area contributed by atoms with Crippen molar-refractivity contribution in [2.75, 3.05) is 0 Å². The molecular formula is C30H29NO6. The van der Waals surface area contributed by atoms with Crippen LogP contribution in [0.15, 0.2) is 84.9 Å². The van der Waals surface area contributed by atoms with E-state index in [1.54, 1.807) is 75.4 Å². The number of esters is 2. The molecule has 3 aromatic carbocycles. The van der Waals surface area contributed by atoms with Crippen LogP contribution < -0.4 is 0 Å². The van der Waals surface area contributed by atoms with Crippen molar-refractivity contribution in [3.8, 4) is 0 Å². The van der Waals surface area contributed by atoms with Gasteiger partial charge in [-0.2, -0.15) is 0 Å². The van der Waals surface area contributed by atoms with Crippen molar-refractivity contribution in [3.63, 3.8) is 0 Å². The maximum Gasteiger partial charge on any atom is 0.338 e. The number of β-lactam (4-membered cyclic amide) rings is 1. The lowest BCUT2D eigenvalue weighted by molar-refractivity contribution is -0.170. The molecule has 7 heteroatoms. The number of nitrogens with zero attached hydrogens (tertiary/aromatic N) is 1. The molecule has 0 saturated carbocycles. The van der Waals surface area contributed by atoms with Crippen LogP contribution >= 0.6 is 0 Å². The van der Waals surface area contributed by atoms with Crippen LogP contribution in [0.1, 0.15) is 52.6 Å². The average molecular weight is 500 g/mol. The number of carbonyl (C=O) groups is 4. The first-order chi connectivity index (χ1) is 17.6. The minimum absolute atomic E-state index is 0.0659. The monoisotopic (exact) mass is 499 g/mol. The number of imide groups is 1. The lowest BCUT2D eigenvalue weighted by atomic mass is 9.81. The van der Waals surface area contributed by atoms with Crippen LogP contribution in [0.2, 0.25) is 0 Å². The fourth-order valence-electron chi connectivity index (χ4n) is 4.15. The molecule has 1 heterocycles.